The number of hydrogen-bond donors (Lipinski definition) is 1. The van der Waals surface area contributed by atoms with Crippen molar-refractivity contribution >= 4 is 5.91 Å². The van der Waals surface area contributed by atoms with Gasteiger partial charge in [-0.05, 0) is 43.0 Å². The molecule has 0 spiro atoms. The summed E-state index contributed by atoms with van der Waals surface area (Å²) < 4.78 is 14.9. The Kier molecular flexibility index (Phi) is 4.66. The van der Waals surface area contributed by atoms with Crippen molar-refractivity contribution in [3.63, 3.8) is 0 Å². The number of hydrogen-bond acceptors (Lipinski definition) is 4. The molecule has 1 aromatic heterocycles. The molecule has 3 rings (SSSR count). The number of rotatable bonds is 5. The Morgan fingerprint density at radius 2 is 2.17 bits per heavy atom. The van der Waals surface area contributed by atoms with Crippen LogP contribution in [0.4, 0.5) is 4.39 Å². The van der Waals surface area contributed by atoms with Crippen molar-refractivity contribution in [2.24, 2.45) is 11.7 Å². The molecule has 122 valence electrons. The highest BCUT2D eigenvalue weighted by Crippen LogP contribution is 2.27. The van der Waals surface area contributed by atoms with E-state index in [0.717, 1.165) is 38.0 Å². The van der Waals surface area contributed by atoms with Crippen LogP contribution in [0.25, 0.3) is 0 Å². The number of piperidine rings is 1. The van der Waals surface area contributed by atoms with Gasteiger partial charge < -0.3 is 5.73 Å². The molecule has 1 aliphatic heterocycles. The Labute approximate surface area is 134 Å². The Bertz CT molecular complexity index is 643. The first-order valence-corrected chi connectivity index (χ1v) is 7.74. The largest absolute Gasteiger partial charge is 0.368 e. The Hall–Kier alpha value is -2.28. The lowest BCUT2D eigenvalue weighted by molar-refractivity contribution is -0.124. The first-order valence-electron chi connectivity index (χ1n) is 7.74. The van der Waals surface area contributed by atoms with E-state index in [9.17, 15) is 9.18 Å². The molecule has 1 aromatic carbocycles. The smallest absolute Gasteiger partial charge is 0.239 e. The van der Waals surface area contributed by atoms with Gasteiger partial charge in [0.05, 0.1) is 0 Å². The van der Waals surface area contributed by atoms with Gasteiger partial charge in [-0.25, -0.2) is 9.37 Å². The Morgan fingerprint density at radius 3 is 2.83 bits per heavy atom. The molecule has 23 heavy (non-hydrogen) atoms. The SMILES string of the molecule is NC(=O)[C@H](c1ccc(F)cc1)N1CCC[C@H](Cn2cncn2)C1. The second-order valence-electron chi connectivity index (χ2n) is 5.98. The number of primary amides is 1. The number of carbonyl (C=O) groups is 1. The van der Waals surface area contributed by atoms with Crippen molar-refractivity contribution in [1.82, 2.24) is 19.7 Å². The standard InChI is InChI=1S/C16H20FN5O/c17-14-5-3-13(4-6-14)15(16(18)23)21-7-1-2-12(8-21)9-22-11-19-10-20-22/h3-6,10-12,15H,1-2,7-9H2,(H2,18,23)/t12-,15-/m0/s1. The summed E-state index contributed by atoms with van der Waals surface area (Å²) in [7, 11) is 0. The molecular formula is C16H20FN5O. The van der Waals surface area contributed by atoms with Crippen LogP contribution in [0.15, 0.2) is 36.9 Å². The van der Waals surface area contributed by atoms with Gasteiger partial charge in [-0.2, -0.15) is 5.10 Å². The molecule has 0 saturated carbocycles. The summed E-state index contributed by atoms with van der Waals surface area (Å²) in [6.45, 7) is 2.33. The lowest BCUT2D eigenvalue weighted by atomic mass is 9.94. The monoisotopic (exact) mass is 317 g/mol. The van der Waals surface area contributed by atoms with E-state index in [1.807, 2.05) is 4.68 Å². The quantitative estimate of drug-likeness (QED) is 0.903. The molecule has 6 nitrogen and oxygen atoms in total. The molecule has 0 unspecified atom stereocenters. The highest BCUT2D eigenvalue weighted by Gasteiger charge is 2.30. The molecule has 0 radical (unpaired) electrons. The van der Waals surface area contributed by atoms with Crippen LogP contribution in [0.3, 0.4) is 0 Å². The van der Waals surface area contributed by atoms with E-state index in [-0.39, 0.29) is 5.82 Å². The van der Waals surface area contributed by atoms with Gasteiger partial charge in [-0.15, -0.1) is 0 Å². The van der Waals surface area contributed by atoms with E-state index in [4.69, 9.17) is 5.73 Å². The second-order valence-corrected chi connectivity index (χ2v) is 5.98. The molecule has 0 bridgehead atoms. The summed E-state index contributed by atoms with van der Waals surface area (Å²) in [5.74, 6) is -0.342. The maximum atomic E-state index is 13.1. The molecule has 2 atom stereocenters. The van der Waals surface area contributed by atoms with Gasteiger partial charge in [0.2, 0.25) is 5.91 Å². The number of nitrogens with two attached hydrogens (primary N) is 1. The molecule has 0 aliphatic carbocycles. The highest BCUT2D eigenvalue weighted by atomic mass is 19.1. The minimum Gasteiger partial charge on any atom is -0.368 e. The van der Waals surface area contributed by atoms with E-state index in [1.54, 1.807) is 18.5 Å². The van der Waals surface area contributed by atoms with Crippen LogP contribution in [0.2, 0.25) is 0 Å². The van der Waals surface area contributed by atoms with Gasteiger partial charge in [0.1, 0.15) is 24.5 Å². The number of carbonyl (C=O) groups excluding carboxylic acids is 1. The Balaban J connectivity index is 1.74. The van der Waals surface area contributed by atoms with E-state index < -0.39 is 11.9 Å². The summed E-state index contributed by atoms with van der Waals surface area (Å²) >= 11 is 0. The third kappa shape index (κ3) is 3.73. The Morgan fingerprint density at radius 1 is 1.39 bits per heavy atom. The molecular weight excluding hydrogens is 297 g/mol. The molecule has 1 saturated heterocycles. The van der Waals surface area contributed by atoms with Crippen molar-refractivity contribution in [2.75, 3.05) is 13.1 Å². The lowest BCUT2D eigenvalue weighted by Crippen LogP contribution is -2.44. The number of halogens is 1. The van der Waals surface area contributed by atoms with Crippen LogP contribution < -0.4 is 5.73 Å². The number of nitrogens with zero attached hydrogens (tertiary/aromatic N) is 4. The van der Waals surface area contributed by atoms with E-state index in [2.05, 4.69) is 15.0 Å². The average molecular weight is 317 g/mol. The van der Waals surface area contributed by atoms with Gasteiger partial charge in [0.15, 0.2) is 0 Å². The summed E-state index contributed by atoms with van der Waals surface area (Å²) in [6, 6.07) is 5.47. The predicted molar refractivity (Wildman–Crippen MR) is 82.7 cm³/mol. The summed E-state index contributed by atoms with van der Waals surface area (Å²) in [4.78, 5) is 18.0. The zero-order valence-electron chi connectivity index (χ0n) is 12.8. The molecule has 1 amide bonds. The molecule has 2 aromatic rings. The average Bonchev–Trinajstić information content (AvgIpc) is 3.02. The first kappa shape index (κ1) is 15.6. The van der Waals surface area contributed by atoms with Crippen LogP contribution in [0, 0.1) is 11.7 Å². The van der Waals surface area contributed by atoms with E-state index in [1.165, 1.54) is 18.5 Å². The minimum atomic E-state index is -0.519. The van der Waals surface area contributed by atoms with Crippen LogP contribution in [0.1, 0.15) is 24.4 Å². The van der Waals surface area contributed by atoms with Crippen molar-refractivity contribution in [3.8, 4) is 0 Å². The first-order chi connectivity index (χ1) is 11.1. The van der Waals surface area contributed by atoms with Gasteiger partial charge in [-0.3, -0.25) is 14.4 Å². The fourth-order valence-corrected chi connectivity index (χ4v) is 3.27. The molecule has 1 fully saturated rings. The maximum Gasteiger partial charge on any atom is 0.239 e. The number of likely N-dealkylation sites (tertiary alicyclic amines) is 1. The van der Waals surface area contributed by atoms with Crippen molar-refractivity contribution < 1.29 is 9.18 Å². The molecule has 2 N–H and O–H groups in total. The van der Waals surface area contributed by atoms with Crippen molar-refractivity contribution in [2.45, 2.75) is 25.4 Å². The fraction of sp³-hybridized carbons (Fsp3) is 0.438. The lowest BCUT2D eigenvalue weighted by Gasteiger charge is -2.37. The number of aromatic nitrogens is 3. The second kappa shape index (κ2) is 6.87. The highest BCUT2D eigenvalue weighted by molar-refractivity contribution is 5.81. The maximum absolute atomic E-state index is 13.1. The van der Waals surface area contributed by atoms with Gasteiger partial charge >= 0.3 is 0 Å². The van der Waals surface area contributed by atoms with E-state index in [0.29, 0.717) is 5.92 Å². The fourth-order valence-electron chi connectivity index (χ4n) is 3.27. The molecule has 1 aliphatic rings. The summed E-state index contributed by atoms with van der Waals surface area (Å²) in [6.07, 6.45) is 5.28. The molecule has 7 heteroatoms. The van der Waals surface area contributed by atoms with Crippen LogP contribution in [-0.2, 0) is 11.3 Å². The van der Waals surface area contributed by atoms with Gasteiger partial charge in [-0.1, -0.05) is 12.1 Å². The minimum absolute atomic E-state index is 0.320. The normalized spacial score (nSPS) is 20.3. The topological polar surface area (TPSA) is 77.0 Å². The van der Waals surface area contributed by atoms with Crippen molar-refractivity contribution in [1.29, 1.82) is 0 Å². The number of benzene rings is 1. The third-order valence-corrected chi connectivity index (χ3v) is 4.28. The third-order valence-electron chi connectivity index (χ3n) is 4.28. The summed E-state index contributed by atoms with van der Waals surface area (Å²) in [5, 5.41) is 4.14. The zero-order chi connectivity index (χ0) is 16.2. The molecule has 2 heterocycles. The van der Waals surface area contributed by atoms with Crippen LogP contribution in [-0.4, -0.2) is 38.7 Å². The van der Waals surface area contributed by atoms with Gasteiger partial charge in [0.25, 0.3) is 0 Å². The predicted octanol–water partition coefficient (Wildman–Crippen LogP) is 1.36. The van der Waals surface area contributed by atoms with Crippen molar-refractivity contribution in [3.05, 3.63) is 48.3 Å². The zero-order valence-corrected chi connectivity index (χ0v) is 12.8. The van der Waals surface area contributed by atoms with Gasteiger partial charge in [0, 0.05) is 13.1 Å². The summed E-state index contributed by atoms with van der Waals surface area (Å²) in [5.41, 5.74) is 6.35. The van der Waals surface area contributed by atoms with Crippen LogP contribution >= 0.6 is 0 Å². The number of amides is 1. The van der Waals surface area contributed by atoms with Crippen LogP contribution in [0.5, 0.6) is 0 Å². The van der Waals surface area contributed by atoms with E-state index >= 15 is 0 Å².